The number of benzene rings is 1. The normalized spacial score (nSPS) is 16.6. The highest BCUT2D eigenvalue weighted by Crippen LogP contribution is 2.33. The van der Waals surface area contributed by atoms with Crippen LogP contribution >= 0.6 is 0 Å². The Morgan fingerprint density at radius 1 is 1.19 bits per heavy atom. The SMILES string of the molecule is COc1nc(C2=NOCC(c3cccc(C(F)(F)F)c3)N2C)ccc1-n1cnc(C)c1. The third kappa shape index (κ3) is 4.05. The van der Waals surface area contributed by atoms with Crippen molar-refractivity contribution in [2.75, 3.05) is 20.8 Å². The number of oxime groups is 1. The third-order valence-corrected chi connectivity index (χ3v) is 5.04. The monoisotopic (exact) mass is 431 g/mol. The Bertz CT molecular complexity index is 1130. The van der Waals surface area contributed by atoms with E-state index in [-0.39, 0.29) is 6.61 Å². The van der Waals surface area contributed by atoms with Crippen LogP contribution in [-0.4, -0.2) is 46.0 Å². The molecule has 31 heavy (non-hydrogen) atoms. The molecule has 0 N–H and O–H groups in total. The fraction of sp³-hybridized carbons (Fsp3) is 0.286. The summed E-state index contributed by atoms with van der Waals surface area (Å²) in [5.41, 5.74) is 1.78. The fourth-order valence-electron chi connectivity index (χ4n) is 3.42. The Kier molecular flexibility index (Phi) is 5.30. The average molecular weight is 431 g/mol. The van der Waals surface area contributed by atoms with E-state index in [1.807, 2.05) is 19.2 Å². The highest BCUT2D eigenvalue weighted by molar-refractivity contribution is 5.97. The minimum atomic E-state index is -4.42. The van der Waals surface area contributed by atoms with Crippen molar-refractivity contribution in [2.24, 2.45) is 5.16 Å². The second-order valence-electron chi connectivity index (χ2n) is 7.11. The van der Waals surface area contributed by atoms with Crippen molar-refractivity contribution < 1.29 is 22.7 Å². The molecule has 1 unspecified atom stereocenters. The van der Waals surface area contributed by atoms with E-state index in [2.05, 4.69) is 15.1 Å². The Hall–Kier alpha value is -3.56. The lowest BCUT2D eigenvalue weighted by Crippen LogP contribution is -2.38. The van der Waals surface area contributed by atoms with Gasteiger partial charge < -0.3 is 19.0 Å². The number of imidazole rings is 1. The van der Waals surface area contributed by atoms with Gasteiger partial charge >= 0.3 is 6.18 Å². The first-order valence-electron chi connectivity index (χ1n) is 9.44. The molecule has 3 aromatic rings. The number of likely N-dealkylation sites (N-methyl/N-ethyl adjacent to an activating group) is 1. The van der Waals surface area contributed by atoms with Gasteiger partial charge in [0.15, 0.2) is 5.84 Å². The van der Waals surface area contributed by atoms with Crippen molar-refractivity contribution in [1.29, 1.82) is 0 Å². The van der Waals surface area contributed by atoms with E-state index < -0.39 is 17.8 Å². The lowest BCUT2D eigenvalue weighted by atomic mass is 10.0. The summed E-state index contributed by atoms with van der Waals surface area (Å²) in [6.45, 7) is 1.99. The summed E-state index contributed by atoms with van der Waals surface area (Å²) in [7, 11) is 3.25. The number of alkyl halides is 3. The van der Waals surface area contributed by atoms with E-state index in [1.54, 1.807) is 35.0 Å². The van der Waals surface area contributed by atoms with E-state index >= 15 is 0 Å². The van der Waals surface area contributed by atoms with Gasteiger partial charge in [0, 0.05) is 13.2 Å². The van der Waals surface area contributed by atoms with Crippen LogP contribution in [0.25, 0.3) is 5.69 Å². The first kappa shape index (κ1) is 20.7. The van der Waals surface area contributed by atoms with Crippen molar-refractivity contribution in [3.8, 4) is 11.6 Å². The van der Waals surface area contributed by atoms with E-state index in [9.17, 15) is 13.2 Å². The molecule has 0 saturated carbocycles. The summed E-state index contributed by atoms with van der Waals surface area (Å²) >= 11 is 0. The zero-order valence-electron chi connectivity index (χ0n) is 17.1. The predicted octanol–water partition coefficient (Wildman–Crippen LogP) is 3.97. The van der Waals surface area contributed by atoms with Crippen molar-refractivity contribution in [1.82, 2.24) is 19.4 Å². The van der Waals surface area contributed by atoms with E-state index in [0.717, 1.165) is 17.8 Å². The maximum absolute atomic E-state index is 13.1. The second kappa shape index (κ2) is 7.93. The van der Waals surface area contributed by atoms with E-state index in [1.165, 1.54) is 13.2 Å². The number of amidine groups is 1. The molecule has 1 aliphatic rings. The Labute approximate surface area is 176 Å². The molecular formula is C21H20F3N5O2. The number of ether oxygens (including phenoxy) is 1. The number of aryl methyl sites for hydroxylation is 1. The minimum Gasteiger partial charge on any atom is -0.479 e. The summed E-state index contributed by atoms with van der Waals surface area (Å²) in [6.07, 6.45) is -0.917. The van der Waals surface area contributed by atoms with Crippen LogP contribution in [0.2, 0.25) is 0 Å². The summed E-state index contributed by atoms with van der Waals surface area (Å²) in [4.78, 5) is 15.9. The van der Waals surface area contributed by atoms with Crippen LogP contribution in [-0.2, 0) is 11.0 Å². The lowest BCUT2D eigenvalue weighted by molar-refractivity contribution is -0.137. The second-order valence-corrected chi connectivity index (χ2v) is 7.11. The van der Waals surface area contributed by atoms with E-state index in [0.29, 0.717) is 28.7 Å². The number of pyridine rings is 1. The zero-order chi connectivity index (χ0) is 22.2. The van der Waals surface area contributed by atoms with Crippen molar-refractivity contribution in [3.05, 3.63) is 71.4 Å². The molecule has 0 fully saturated rings. The van der Waals surface area contributed by atoms with Crippen molar-refractivity contribution >= 4 is 5.84 Å². The molecule has 0 bridgehead atoms. The Morgan fingerprint density at radius 2 is 2.00 bits per heavy atom. The van der Waals surface area contributed by atoms with E-state index in [4.69, 9.17) is 9.57 Å². The number of rotatable bonds is 4. The predicted molar refractivity (Wildman–Crippen MR) is 107 cm³/mol. The quantitative estimate of drug-likeness (QED) is 0.626. The molecule has 0 saturated heterocycles. The van der Waals surface area contributed by atoms with Gasteiger partial charge in [-0.2, -0.15) is 13.2 Å². The fourth-order valence-corrected chi connectivity index (χ4v) is 3.42. The Morgan fingerprint density at radius 3 is 2.68 bits per heavy atom. The Balaban J connectivity index is 1.66. The van der Waals surface area contributed by atoms with Gasteiger partial charge in [-0.15, -0.1) is 0 Å². The van der Waals surface area contributed by atoms with Gasteiger partial charge in [0.05, 0.1) is 30.7 Å². The van der Waals surface area contributed by atoms with Crippen LogP contribution in [0.15, 0.2) is 54.1 Å². The third-order valence-electron chi connectivity index (χ3n) is 5.04. The van der Waals surface area contributed by atoms with Crippen LogP contribution in [0.5, 0.6) is 5.88 Å². The molecule has 162 valence electrons. The number of hydrogen-bond donors (Lipinski definition) is 0. The van der Waals surface area contributed by atoms with Crippen LogP contribution in [0.4, 0.5) is 13.2 Å². The zero-order valence-corrected chi connectivity index (χ0v) is 17.1. The number of halogens is 3. The van der Waals surface area contributed by atoms with Crippen molar-refractivity contribution in [3.63, 3.8) is 0 Å². The highest BCUT2D eigenvalue weighted by Gasteiger charge is 2.33. The number of methoxy groups -OCH3 is 1. The number of hydrogen-bond acceptors (Lipinski definition) is 6. The molecule has 0 radical (unpaired) electrons. The molecule has 0 aliphatic carbocycles. The van der Waals surface area contributed by atoms with Crippen LogP contribution < -0.4 is 4.74 Å². The van der Waals surface area contributed by atoms with Gasteiger partial charge in [-0.05, 0) is 36.8 Å². The van der Waals surface area contributed by atoms with Gasteiger partial charge in [-0.25, -0.2) is 9.97 Å². The molecule has 1 aliphatic heterocycles. The standard InChI is InChI=1S/C21H20F3N5O2/c1-13-10-29(12-25-13)17-8-7-16(26-20(17)30-3)19-27-31-11-18(28(19)2)14-5-4-6-15(9-14)21(22,23)24/h4-10,12,18H,11H2,1-3H3. The lowest BCUT2D eigenvalue weighted by Gasteiger charge is -2.33. The van der Waals surface area contributed by atoms with Gasteiger partial charge in [0.2, 0.25) is 5.88 Å². The first-order chi connectivity index (χ1) is 14.8. The maximum Gasteiger partial charge on any atom is 0.416 e. The highest BCUT2D eigenvalue weighted by atomic mass is 19.4. The molecule has 3 heterocycles. The number of aromatic nitrogens is 3. The molecule has 7 nitrogen and oxygen atoms in total. The van der Waals surface area contributed by atoms with Crippen LogP contribution in [0.1, 0.15) is 28.6 Å². The smallest absolute Gasteiger partial charge is 0.416 e. The summed E-state index contributed by atoms with van der Waals surface area (Å²) in [5.74, 6) is 0.743. The minimum absolute atomic E-state index is 0.116. The summed E-state index contributed by atoms with van der Waals surface area (Å²) in [5, 5.41) is 4.09. The van der Waals surface area contributed by atoms with Crippen LogP contribution in [0.3, 0.4) is 0 Å². The molecule has 4 rings (SSSR count). The van der Waals surface area contributed by atoms with Gasteiger partial charge in [0.25, 0.3) is 0 Å². The van der Waals surface area contributed by atoms with Crippen molar-refractivity contribution in [2.45, 2.75) is 19.1 Å². The van der Waals surface area contributed by atoms with Crippen LogP contribution in [0, 0.1) is 6.92 Å². The molecule has 2 aromatic heterocycles. The molecule has 1 aromatic carbocycles. The maximum atomic E-state index is 13.1. The summed E-state index contributed by atoms with van der Waals surface area (Å²) < 4.78 is 46.6. The molecule has 1 atom stereocenters. The molecule has 10 heteroatoms. The topological polar surface area (TPSA) is 64.8 Å². The first-order valence-corrected chi connectivity index (χ1v) is 9.44. The van der Waals surface area contributed by atoms with Gasteiger partial charge in [0.1, 0.15) is 18.0 Å². The van der Waals surface area contributed by atoms with Gasteiger partial charge in [-0.1, -0.05) is 17.3 Å². The summed E-state index contributed by atoms with van der Waals surface area (Å²) in [6, 6.07) is 8.31. The average Bonchev–Trinajstić information content (AvgIpc) is 3.19. The van der Waals surface area contributed by atoms with Gasteiger partial charge in [-0.3, -0.25) is 0 Å². The molecular weight excluding hydrogens is 411 g/mol. The molecule has 0 spiro atoms. The number of nitrogens with zero attached hydrogens (tertiary/aromatic N) is 5. The largest absolute Gasteiger partial charge is 0.479 e. The molecule has 0 amide bonds.